The molecule has 2 aromatic carbocycles. The van der Waals surface area contributed by atoms with E-state index in [9.17, 15) is 18.8 Å². The lowest BCUT2D eigenvalue weighted by atomic mass is 10.0. The number of halogens is 1. The summed E-state index contributed by atoms with van der Waals surface area (Å²) in [5.74, 6) is -1.24. The summed E-state index contributed by atoms with van der Waals surface area (Å²) in [7, 11) is 0. The van der Waals surface area contributed by atoms with Crippen LogP contribution in [-0.2, 0) is 20.7 Å². The standard InChI is InChI=1S/C26H27FN4O4/c1-2-35-26(34)23-8-3-4-13-30(23)25(33)19-9-11-22(12-10-19)31-17-21(16-28-31)29-24(32)15-18-6-5-7-20(27)14-18/h5-7,9-12,14,16-17,23H,2-4,8,13,15H2,1H3,(H,29,32)/t23-/m0/s1. The van der Waals surface area contributed by atoms with E-state index < -0.39 is 6.04 Å². The molecule has 0 spiro atoms. The Bertz CT molecular complexity index is 1210. The predicted molar refractivity (Wildman–Crippen MR) is 128 cm³/mol. The first-order valence-corrected chi connectivity index (χ1v) is 11.6. The largest absolute Gasteiger partial charge is 0.464 e. The van der Waals surface area contributed by atoms with Gasteiger partial charge in [-0.2, -0.15) is 5.10 Å². The number of aromatic nitrogens is 2. The molecule has 1 saturated heterocycles. The van der Waals surface area contributed by atoms with Crippen LogP contribution in [0.25, 0.3) is 5.69 Å². The number of nitrogens with zero attached hydrogens (tertiary/aromatic N) is 3. The van der Waals surface area contributed by atoms with Crippen LogP contribution in [0.2, 0.25) is 0 Å². The lowest BCUT2D eigenvalue weighted by Gasteiger charge is -2.34. The smallest absolute Gasteiger partial charge is 0.328 e. The normalized spacial score (nSPS) is 15.5. The molecule has 2 amide bonds. The maximum absolute atomic E-state index is 13.3. The molecule has 0 aliphatic carbocycles. The molecule has 9 heteroatoms. The maximum Gasteiger partial charge on any atom is 0.328 e. The predicted octanol–water partition coefficient (Wildman–Crippen LogP) is 3.75. The van der Waals surface area contributed by atoms with Crippen molar-refractivity contribution in [2.24, 2.45) is 0 Å². The van der Waals surface area contributed by atoms with Gasteiger partial charge in [0.25, 0.3) is 5.91 Å². The van der Waals surface area contributed by atoms with Crippen molar-refractivity contribution in [3.63, 3.8) is 0 Å². The van der Waals surface area contributed by atoms with Gasteiger partial charge in [0.1, 0.15) is 11.9 Å². The SMILES string of the molecule is CCOC(=O)[C@@H]1CCCCN1C(=O)c1ccc(-n2cc(NC(=O)Cc3cccc(F)c3)cn2)cc1. The maximum atomic E-state index is 13.3. The second kappa shape index (κ2) is 10.9. The quantitative estimate of drug-likeness (QED) is 0.522. The Morgan fingerprint density at radius 2 is 1.94 bits per heavy atom. The average Bonchev–Trinajstić information content (AvgIpc) is 3.32. The number of anilines is 1. The monoisotopic (exact) mass is 478 g/mol. The van der Waals surface area contributed by atoms with Crippen LogP contribution in [0.4, 0.5) is 10.1 Å². The van der Waals surface area contributed by atoms with Crippen molar-refractivity contribution < 1.29 is 23.5 Å². The van der Waals surface area contributed by atoms with Crippen LogP contribution in [0.3, 0.4) is 0 Å². The molecule has 1 aliphatic rings. The number of nitrogens with one attached hydrogen (secondary N) is 1. The summed E-state index contributed by atoms with van der Waals surface area (Å²) < 4.78 is 20.0. The van der Waals surface area contributed by atoms with Crippen LogP contribution < -0.4 is 5.32 Å². The third-order valence-electron chi connectivity index (χ3n) is 5.82. The Hall–Kier alpha value is -4.01. The fourth-order valence-corrected chi connectivity index (χ4v) is 4.15. The number of benzene rings is 2. The van der Waals surface area contributed by atoms with Crippen LogP contribution in [0.5, 0.6) is 0 Å². The van der Waals surface area contributed by atoms with Gasteiger partial charge in [-0.15, -0.1) is 0 Å². The van der Waals surface area contributed by atoms with Crippen molar-refractivity contribution in [1.29, 1.82) is 0 Å². The van der Waals surface area contributed by atoms with Gasteiger partial charge in [0, 0.05) is 12.1 Å². The Morgan fingerprint density at radius 1 is 1.14 bits per heavy atom. The second-order valence-electron chi connectivity index (χ2n) is 8.34. The summed E-state index contributed by atoms with van der Waals surface area (Å²) in [6.45, 7) is 2.55. The highest BCUT2D eigenvalue weighted by Crippen LogP contribution is 2.22. The van der Waals surface area contributed by atoms with Gasteiger partial charge in [-0.25, -0.2) is 13.9 Å². The molecule has 0 unspecified atom stereocenters. The van der Waals surface area contributed by atoms with Crippen molar-refractivity contribution in [1.82, 2.24) is 14.7 Å². The number of rotatable bonds is 7. The highest BCUT2D eigenvalue weighted by Gasteiger charge is 2.33. The van der Waals surface area contributed by atoms with Gasteiger partial charge in [-0.3, -0.25) is 9.59 Å². The molecule has 0 saturated carbocycles. The van der Waals surface area contributed by atoms with E-state index in [-0.39, 0.29) is 36.6 Å². The van der Waals surface area contributed by atoms with E-state index in [0.717, 1.165) is 12.8 Å². The minimum absolute atomic E-state index is 0.0447. The Labute approximate surface area is 202 Å². The molecule has 4 rings (SSSR count). The number of likely N-dealkylation sites (tertiary alicyclic amines) is 1. The summed E-state index contributed by atoms with van der Waals surface area (Å²) in [6.07, 6.45) is 5.54. The zero-order chi connectivity index (χ0) is 24.8. The molecule has 8 nitrogen and oxygen atoms in total. The summed E-state index contributed by atoms with van der Waals surface area (Å²) in [6, 6.07) is 12.2. The highest BCUT2D eigenvalue weighted by atomic mass is 19.1. The number of piperidine rings is 1. The molecule has 1 aromatic heterocycles. The minimum atomic E-state index is -0.555. The number of hydrogen-bond donors (Lipinski definition) is 1. The van der Waals surface area contributed by atoms with E-state index in [4.69, 9.17) is 4.74 Å². The topological polar surface area (TPSA) is 93.5 Å². The van der Waals surface area contributed by atoms with Crippen LogP contribution in [0.1, 0.15) is 42.1 Å². The third kappa shape index (κ3) is 5.92. The summed E-state index contributed by atoms with van der Waals surface area (Å²) in [4.78, 5) is 39.3. The lowest BCUT2D eigenvalue weighted by molar-refractivity contribution is -0.149. The molecule has 1 aliphatic heterocycles. The van der Waals surface area contributed by atoms with Crippen molar-refractivity contribution in [3.8, 4) is 5.69 Å². The highest BCUT2D eigenvalue weighted by molar-refractivity contribution is 5.97. The summed E-state index contributed by atoms with van der Waals surface area (Å²) >= 11 is 0. The Kier molecular flexibility index (Phi) is 7.54. The molecule has 0 radical (unpaired) electrons. The van der Waals surface area contributed by atoms with Gasteiger partial charge in [0.15, 0.2) is 0 Å². The van der Waals surface area contributed by atoms with Gasteiger partial charge in [-0.1, -0.05) is 12.1 Å². The number of carbonyl (C=O) groups excluding carboxylic acids is 3. The first-order valence-electron chi connectivity index (χ1n) is 11.6. The molecule has 3 aromatic rings. The minimum Gasteiger partial charge on any atom is -0.464 e. The van der Waals surface area contributed by atoms with Gasteiger partial charge in [-0.05, 0) is 68.1 Å². The molecular formula is C26H27FN4O4. The van der Waals surface area contributed by atoms with Crippen molar-refractivity contribution in [3.05, 3.63) is 77.9 Å². The van der Waals surface area contributed by atoms with Crippen LogP contribution in [-0.4, -0.2) is 51.7 Å². The zero-order valence-corrected chi connectivity index (χ0v) is 19.4. The summed E-state index contributed by atoms with van der Waals surface area (Å²) in [5.41, 5.74) is 2.25. The number of hydrogen-bond acceptors (Lipinski definition) is 5. The molecule has 2 heterocycles. The van der Waals surface area contributed by atoms with E-state index in [2.05, 4.69) is 10.4 Å². The van der Waals surface area contributed by atoms with Crippen molar-refractivity contribution >= 4 is 23.5 Å². The van der Waals surface area contributed by atoms with E-state index in [1.165, 1.54) is 18.3 Å². The second-order valence-corrected chi connectivity index (χ2v) is 8.34. The molecule has 1 atom stereocenters. The van der Waals surface area contributed by atoms with Crippen LogP contribution in [0.15, 0.2) is 60.9 Å². The average molecular weight is 479 g/mol. The number of carbonyl (C=O) groups is 3. The summed E-state index contributed by atoms with van der Waals surface area (Å²) in [5, 5.41) is 7.02. The fraction of sp³-hybridized carbons (Fsp3) is 0.308. The van der Waals surface area contributed by atoms with E-state index in [1.807, 2.05) is 0 Å². The van der Waals surface area contributed by atoms with E-state index in [0.29, 0.717) is 35.5 Å². The van der Waals surface area contributed by atoms with Gasteiger partial charge in [0.05, 0.1) is 36.8 Å². The molecule has 0 bridgehead atoms. The van der Waals surface area contributed by atoms with E-state index in [1.54, 1.807) is 59.1 Å². The number of esters is 1. The van der Waals surface area contributed by atoms with Gasteiger partial charge >= 0.3 is 5.97 Å². The van der Waals surface area contributed by atoms with Crippen molar-refractivity contribution in [2.75, 3.05) is 18.5 Å². The first kappa shape index (κ1) is 24.1. The van der Waals surface area contributed by atoms with Crippen molar-refractivity contribution in [2.45, 2.75) is 38.6 Å². The lowest BCUT2D eigenvalue weighted by Crippen LogP contribution is -2.48. The van der Waals surface area contributed by atoms with Gasteiger partial charge in [0.2, 0.25) is 5.91 Å². The zero-order valence-electron chi connectivity index (χ0n) is 19.4. The third-order valence-corrected chi connectivity index (χ3v) is 5.82. The molecule has 1 fully saturated rings. The van der Waals surface area contributed by atoms with Crippen LogP contribution >= 0.6 is 0 Å². The Morgan fingerprint density at radius 3 is 2.69 bits per heavy atom. The van der Waals surface area contributed by atoms with Gasteiger partial charge < -0.3 is 15.0 Å². The fourth-order valence-electron chi connectivity index (χ4n) is 4.15. The molecule has 35 heavy (non-hydrogen) atoms. The first-order chi connectivity index (χ1) is 16.9. The molecule has 1 N–H and O–H groups in total. The van der Waals surface area contributed by atoms with Crippen LogP contribution in [0, 0.1) is 5.82 Å². The Balaban J connectivity index is 1.40. The van der Waals surface area contributed by atoms with E-state index >= 15 is 0 Å². The molecule has 182 valence electrons. The number of ether oxygens (including phenoxy) is 1. The number of amides is 2. The molecular weight excluding hydrogens is 451 g/mol.